The normalized spacial score (nSPS) is 14.5. The van der Waals surface area contributed by atoms with Gasteiger partial charge in [0.1, 0.15) is 5.75 Å². The van der Waals surface area contributed by atoms with Gasteiger partial charge in [-0.15, -0.1) is 0 Å². The lowest BCUT2D eigenvalue weighted by atomic mass is 10.0. The summed E-state index contributed by atoms with van der Waals surface area (Å²) in [6.07, 6.45) is 1.62. The van der Waals surface area contributed by atoms with E-state index in [-0.39, 0.29) is 16.8 Å². The highest BCUT2D eigenvalue weighted by molar-refractivity contribution is 7.92. The van der Waals surface area contributed by atoms with Crippen molar-refractivity contribution in [2.75, 3.05) is 36.5 Å². The average molecular weight is 480 g/mol. The molecule has 8 heteroatoms. The monoisotopic (exact) mass is 479 g/mol. The zero-order chi connectivity index (χ0) is 24.1. The van der Waals surface area contributed by atoms with Crippen LogP contribution in [-0.4, -0.2) is 47.6 Å². The van der Waals surface area contributed by atoms with Gasteiger partial charge in [-0.25, -0.2) is 8.42 Å². The Morgan fingerprint density at radius 2 is 1.65 bits per heavy atom. The van der Waals surface area contributed by atoms with Gasteiger partial charge < -0.3 is 15.0 Å². The molecule has 0 radical (unpaired) electrons. The van der Waals surface area contributed by atoms with Gasteiger partial charge >= 0.3 is 0 Å². The van der Waals surface area contributed by atoms with Gasteiger partial charge in [0.25, 0.3) is 15.9 Å². The summed E-state index contributed by atoms with van der Waals surface area (Å²) >= 11 is 0. The smallest absolute Gasteiger partial charge is 0.264 e. The van der Waals surface area contributed by atoms with Crippen molar-refractivity contribution >= 4 is 27.3 Å². The van der Waals surface area contributed by atoms with Crippen LogP contribution < -0.4 is 19.3 Å². The van der Waals surface area contributed by atoms with Crippen LogP contribution >= 0.6 is 0 Å². The molecular formula is C26H29N3O4S. The Morgan fingerprint density at radius 1 is 0.971 bits per heavy atom. The number of para-hydroxylation sites is 1. The molecule has 1 N–H and O–H groups in total. The van der Waals surface area contributed by atoms with E-state index in [2.05, 4.69) is 10.2 Å². The number of sulfonamides is 1. The Labute approximate surface area is 201 Å². The van der Waals surface area contributed by atoms with Crippen LogP contribution in [0, 0.1) is 0 Å². The van der Waals surface area contributed by atoms with Gasteiger partial charge in [-0.2, -0.15) is 0 Å². The number of nitrogens with zero attached hydrogens (tertiary/aromatic N) is 2. The maximum Gasteiger partial charge on any atom is 0.264 e. The van der Waals surface area contributed by atoms with E-state index < -0.39 is 10.0 Å². The minimum Gasteiger partial charge on any atom is -0.497 e. The summed E-state index contributed by atoms with van der Waals surface area (Å²) in [5, 5.41) is 3.07. The highest BCUT2D eigenvalue weighted by Gasteiger charge is 2.24. The number of anilines is 2. The molecular weight excluding hydrogens is 450 g/mol. The van der Waals surface area contributed by atoms with Gasteiger partial charge in [0.15, 0.2) is 0 Å². The molecule has 0 bridgehead atoms. The van der Waals surface area contributed by atoms with Gasteiger partial charge in [-0.3, -0.25) is 9.10 Å². The van der Waals surface area contributed by atoms with E-state index >= 15 is 0 Å². The van der Waals surface area contributed by atoms with Crippen molar-refractivity contribution < 1.29 is 17.9 Å². The van der Waals surface area contributed by atoms with Crippen LogP contribution in [0.2, 0.25) is 0 Å². The molecule has 0 saturated carbocycles. The van der Waals surface area contributed by atoms with Crippen LogP contribution in [0.25, 0.3) is 0 Å². The number of carbonyl (C=O) groups is 1. The Kier molecular flexibility index (Phi) is 7.07. The van der Waals surface area contributed by atoms with Crippen LogP contribution in [0.5, 0.6) is 5.75 Å². The number of amides is 1. The molecule has 34 heavy (non-hydrogen) atoms. The first-order valence-corrected chi connectivity index (χ1v) is 12.7. The zero-order valence-corrected chi connectivity index (χ0v) is 20.2. The quantitative estimate of drug-likeness (QED) is 0.556. The number of carbonyl (C=O) groups excluding carboxylic acids is 1. The van der Waals surface area contributed by atoms with Gasteiger partial charge in [0, 0.05) is 37.4 Å². The third-order valence-electron chi connectivity index (χ3n) is 6.14. The molecule has 4 rings (SSSR count). The van der Waals surface area contributed by atoms with Crippen LogP contribution in [0.3, 0.4) is 0 Å². The fourth-order valence-electron chi connectivity index (χ4n) is 4.08. The Balaban J connectivity index is 1.39. The van der Waals surface area contributed by atoms with E-state index in [4.69, 9.17) is 4.74 Å². The second-order valence-corrected chi connectivity index (χ2v) is 10.2. The molecule has 1 amide bonds. The molecule has 3 aromatic carbocycles. The molecule has 0 unspecified atom stereocenters. The predicted octanol–water partition coefficient (Wildman–Crippen LogP) is 3.92. The van der Waals surface area contributed by atoms with Crippen molar-refractivity contribution in [1.29, 1.82) is 0 Å². The number of piperidine rings is 1. The van der Waals surface area contributed by atoms with Crippen LogP contribution in [0.1, 0.15) is 23.2 Å². The van der Waals surface area contributed by atoms with Gasteiger partial charge in [-0.1, -0.05) is 24.3 Å². The fourth-order valence-corrected chi connectivity index (χ4v) is 5.32. The number of nitrogens with one attached hydrogen (secondary N) is 1. The molecule has 1 aliphatic rings. The summed E-state index contributed by atoms with van der Waals surface area (Å²) in [5.74, 6) is 0.562. The first kappa shape index (κ1) is 23.6. The largest absolute Gasteiger partial charge is 0.497 e. The van der Waals surface area contributed by atoms with E-state index in [1.54, 1.807) is 43.5 Å². The van der Waals surface area contributed by atoms with E-state index in [0.717, 1.165) is 37.4 Å². The number of ether oxygens (including phenoxy) is 1. The van der Waals surface area contributed by atoms with E-state index in [0.29, 0.717) is 11.3 Å². The summed E-state index contributed by atoms with van der Waals surface area (Å²) < 4.78 is 32.6. The number of benzene rings is 3. The molecule has 1 heterocycles. The van der Waals surface area contributed by atoms with Crippen molar-refractivity contribution in [2.45, 2.75) is 23.8 Å². The Morgan fingerprint density at radius 3 is 2.29 bits per heavy atom. The topological polar surface area (TPSA) is 79.0 Å². The van der Waals surface area contributed by atoms with Gasteiger partial charge in [-0.05, 0) is 67.4 Å². The van der Waals surface area contributed by atoms with Gasteiger partial charge in [0.2, 0.25) is 0 Å². The Hall–Kier alpha value is -3.52. The van der Waals surface area contributed by atoms with Crippen molar-refractivity contribution in [2.24, 2.45) is 0 Å². The Bertz CT molecular complexity index is 1220. The van der Waals surface area contributed by atoms with Crippen molar-refractivity contribution in [3.63, 3.8) is 0 Å². The lowest BCUT2D eigenvalue weighted by Crippen LogP contribution is -2.44. The maximum absolute atomic E-state index is 13.1. The summed E-state index contributed by atoms with van der Waals surface area (Å²) in [6, 6.07) is 23.1. The average Bonchev–Trinajstić information content (AvgIpc) is 2.89. The maximum atomic E-state index is 13.1. The number of rotatable bonds is 7. The molecule has 7 nitrogen and oxygen atoms in total. The highest BCUT2D eigenvalue weighted by Crippen LogP contribution is 2.24. The summed E-state index contributed by atoms with van der Waals surface area (Å²) in [6.45, 7) is 1.65. The lowest BCUT2D eigenvalue weighted by molar-refractivity contribution is 0.0931. The number of methoxy groups -OCH3 is 1. The third-order valence-corrected chi connectivity index (χ3v) is 7.92. The molecule has 0 aromatic heterocycles. The molecule has 0 atom stereocenters. The summed E-state index contributed by atoms with van der Waals surface area (Å²) in [7, 11) is -0.630. The molecule has 178 valence electrons. The predicted molar refractivity (Wildman–Crippen MR) is 134 cm³/mol. The minimum absolute atomic E-state index is 0.0363. The molecule has 0 aliphatic carbocycles. The third kappa shape index (κ3) is 5.17. The van der Waals surface area contributed by atoms with Crippen molar-refractivity contribution in [3.05, 3.63) is 84.4 Å². The van der Waals surface area contributed by atoms with Crippen LogP contribution in [0.15, 0.2) is 83.8 Å². The fraction of sp³-hybridized carbons (Fsp3) is 0.269. The van der Waals surface area contributed by atoms with Crippen LogP contribution in [-0.2, 0) is 10.0 Å². The zero-order valence-electron chi connectivity index (χ0n) is 19.3. The van der Waals surface area contributed by atoms with Crippen molar-refractivity contribution in [1.82, 2.24) is 5.32 Å². The summed E-state index contributed by atoms with van der Waals surface area (Å²) in [5.41, 5.74) is 2.02. The second-order valence-electron chi connectivity index (χ2n) is 8.27. The second kappa shape index (κ2) is 10.2. The van der Waals surface area contributed by atoms with Crippen molar-refractivity contribution in [3.8, 4) is 5.75 Å². The van der Waals surface area contributed by atoms with Gasteiger partial charge in [0.05, 0.1) is 17.7 Å². The van der Waals surface area contributed by atoms with E-state index in [1.807, 2.05) is 30.3 Å². The standard InChI is InChI=1S/C26H29N3O4S/c1-28(22-8-4-3-5-9-22)34(31,32)25-10-6-7-20(19-25)26(30)27-21-15-17-29(18-16-21)23-11-13-24(33-2)14-12-23/h3-14,19,21H,15-18H2,1-2H3,(H,27,30). The molecule has 3 aromatic rings. The lowest BCUT2D eigenvalue weighted by Gasteiger charge is -2.34. The minimum atomic E-state index is -3.79. The highest BCUT2D eigenvalue weighted by atomic mass is 32.2. The number of hydrogen-bond donors (Lipinski definition) is 1. The number of hydrogen-bond acceptors (Lipinski definition) is 5. The molecule has 1 fully saturated rings. The molecule has 1 saturated heterocycles. The van der Waals surface area contributed by atoms with Crippen LogP contribution in [0.4, 0.5) is 11.4 Å². The molecule has 0 spiro atoms. The molecule has 1 aliphatic heterocycles. The SMILES string of the molecule is COc1ccc(N2CCC(NC(=O)c3cccc(S(=O)(=O)N(C)c4ccccc4)c3)CC2)cc1. The summed E-state index contributed by atoms with van der Waals surface area (Å²) in [4.78, 5) is 15.3. The van der Waals surface area contributed by atoms with E-state index in [1.165, 1.54) is 23.5 Å². The first-order chi connectivity index (χ1) is 16.4. The van der Waals surface area contributed by atoms with E-state index in [9.17, 15) is 13.2 Å². The first-order valence-electron chi connectivity index (χ1n) is 11.2.